The van der Waals surface area contributed by atoms with Crippen molar-refractivity contribution in [3.8, 4) is 0 Å². The number of hydrogen-bond donors (Lipinski definition) is 5. The Balaban J connectivity index is 0.953. The smallest absolute Gasteiger partial charge is 0.306 e. The molecule has 1 unspecified atom stereocenters. The average Bonchev–Trinajstić information content (AvgIpc) is 3.33. The summed E-state index contributed by atoms with van der Waals surface area (Å²) in [6, 6.07) is 25.0. The lowest BCUT2D eigenvalue weighted by Gasteiger charge is -2.58. The summed E-state index contributed by atoms with van der Waals surface area (Å²) >= 11 is 0. The number of amides is 5. The summed E-state index contributed by atoms with van der Waals surface area (Å²) in [5, 5.41) is 20.0. The number of fused-ring (bicyclic) bond motifs is 1. The summed E-state index contributed by atoms with van der Waals surface area (Å²) < 4.78 is 30.7. The molecule has 5 amide bonds. The first kappa shape index (κ1) is 49.7. The molecule has 0 aromatic heterocycles. The molecular formula is C52H65N5O12. The zero-order valence-electron chi connectivity index (χ0n) is 39.4. The highest BCUT2D eigenvalue weighted by Crippen LogP contribution is 2.55. The summed E-state index contributed by atoms with van der Waals surface area (Å²) in [5.41, 5.74) is 6.66. The molecule has 2 heterocycles. The number of esters is 1. The number of aliphatic hydroxyl groups is 1. The Morgan fingerprint density at radius 2 is 1.45 bits per heavy atom. The Kier molecular flexibility index (Phi) is 15.8. The maximum absolute atomic E-state index is 14.7. The lowest BCUT2D eigenvalue weighted by Crippen LogP contribution is -2.76. The molecule has 17 nitrogen and oxygen atoms in total. The van der Waals surface area contributed by atoms with Crippen molar-refractivity contribution >= 4 is 35.5 Å². The minimum Gasteiger partial charge on any atom is -0.461 e. The van der Waals surface area contributed by atoms with Crippen molar-refractivity contribution in [1.82, 2.24) is 20.9 Å². The summed E-state index contributed by atoms with van der Waals surface area (Å²) in [7, 11) is 0. The van der Waals surface area contributed by atoms with Gasteiger partial charge in [0.2, 0.25) is 29.5 Å². The van der Waals surface area contributed by atoms with Gasteiger partial charge in [-0.15, -0.1) is 0 Å². The fourth-order valence-electron chi connectivity index (χ4n) is 11.8. The molecule has 4 aliphatic carbocycles. The van der Waals surface area contributed by atoms with Crippen LogP contribution in [-0.4, -0.2) is 113 Å². The molecule has 9 rings (SSSR count). The number of aliphatic hydroxyl groups excluding tert-OH is 1. The van der Waals surface area contributed by atoms with E-state index in [2.05, 4.69) is 16.0 Å². The quantitative estimate of drug-likeness (QED) is 0.109. The van der Waals surface area contributed by atoms with Crippen LogP contribution >= 0.6 is 0 Å². The van der Waals surface area contributed by atoms with Gasteiger partial charge in [0.05, 0.1) is 13.2 Å². The largest absolute Gasteiger partial charge is 0.461 e. The third-order valence-corrected chi connectivity index (χ3v) is 14.6. The highest BCUT2D eigenvalue weighted by Gasteiger charge is 2.60. The number of hydrogen-bond acceptors (Lipinski definition) is 12. The molecule has 4 saturated carbocycles. The first-order valence-electron chi connectivity index (χ1n) is 24.2. The lowest BCUT2D eigenvalue weighted by molar-refractivity contribution is -0.360. The lowest BCUT2D eigenvalue weighted by atomic mass is 9.53. The molecule has 0 radical (unpaired) electrons. The fraction of sp³-hybridized carbons (Fsp3) is 0.538. The number of carbonyl (C=O) groups is 6. The van der Waals surface area contributed by atoms with Gasteiger partial charge in [0.15, 0.2) is 12.6 Å². The van der Waals surface area contributed by atoms with Gasteiger partial charge in [0.1, 0.15) is 48.6 Å². The van der Waals surface area contributed by atoms with Crippen LogP contribution in [0.4, 0.5) is 0 Å². The van der Waals surface area contributed by atoms with E-state index in [0.717, 1.165) is 36.8 Å². The van der Waals surface area contributed by atoms with Gasteiger partial charge < -0.3 is 55.4 Å². The Morgan fingerprint density at radius 3 is 2.06 bits per heavy atom. The zero-order valence-corrected chi connectivity index (χ0v) is 39.4. The molecule has 6 N–H and O–H groups in total. The van der Waals surface area contributed by atoms with E-state index < -0.39 is 96.7 Å². The van der Waals surface area contributed by atoms with Crippen molar-refractivity contribution in [2.75, 3.05) is 13.2 Å². The molecule has 6 fully saturated rings. The molecule has 3 aromatic rings. The summed E-state index contributed by atoms with van der Waals surface area (Å²) in [6.07, 6.45) is -2.06. The number of nitrogens with two attached hydrogens (primary N) is 1. The Labute approximate surface area is 402 Å². The van der Waals surface area contributed by atoms with Crippen LogP contribution in [0.3, 0.4) is 0 Å². The van der Waals surface area contributed by atoms with Gasteiger partial charge in [-0.2, -0.15) is 0 Å². The van der Waals surface area contributed by atoms with Crippen LogP contribution in [-0.2, 0) is 65.5 Å². The van der Waals surface area contributed by atoms with Crippen LogP contribution in [0, 0.1) is 23.7 Å². The Bertz CT molecular complexity index is 2260. The second kappa shape index (κ2) is 21.9. The van der Waals surface area contributed by atoms with E-state index >= 15 is 0 Å². The Morgan fingerprint density at radius 1 is 0.841 bits per heavy atom. The molecular weight excluding hydrogens is 887 g/mol. The molecule has 69 heavy (non-hydrogen) atoms. The normalized spacial score (nSPS) is 30.1. The molecule has 2 aliphatic heterocycles. The van der Waals surface area contributed by atoms with Crippen LogP contribution < -0.4 is 21.7 Å². The van der Waals surface area contributed by atoms with Gasteiger partial charge in [-0.05, 0) is 87.2 Å². The maximum Gasteiger partial charge on any atom is 0.306 e. The van der Waals surface area contributed by atoms with E-state index in [1.165, 1.54) is 27.2 Å². The van der Waals surface area contributed by atoms with Crippen LogP contribution in [0.2, 0.25) is 0 Å². The molecule has 2 saturated heterocycles. The summed E-state index contributed by atoms with van der Waals surface area (Å²) in [5.74, 6) is -2.22. The van der Waals surface area contributed by atoms with Gasteiger partial charge >= 0.3 is 5.97 Å². The molecule has 370 valence electrons. The Hall–Kier alpha value is -5.72. The second-order valence-electron chi connectivity index (χ2n) is 19.6. The third-order valence-electron chi connectivity index (χ3n) is 14.6. The molecule has 9 atom stereocenters. The van der Waals surface area contributed by atoms with Crippen molar-refractivity contribution in [3.05, 3.63) is 108 Å². The zero-order chi connectivity index (χ0) is 48.8. The summed E-state index contributed by atoms with van der Waals surface area (Å²) in [4.78, 5) is 83.1. The van der Waals surface area contributed by atoms with Gasteiger partial charge in [-0.25, -0.2) is 0 Å². The highest BCUT2D eigenvalue weighted by atomic mass is 16.7. The van der Waals surface area contributed by atoms with Gasteiger partial charge in [0, 0.05) is 31.4 Å². The van der Waals surface area contributed by atoms with E-state index in [1.807, 2.05) is 91.0 Å². The monoisotopic (exact) mass is 951 g/mol. The van der Waals surface area contributed by atoms with Crippen molar-refractivity contribution in [1.29, 1.82) is 0 Å². The van der Waals surface area contributed by atoms with Crippen molar-refractivity contribution in [3.63, 3.8) is 0 Å². The fourth-order valence-corrected chi connectivity index (χ4v) is 11.8. The number of benzene rings is 3. The van der Waals surface area contributed by atoms with Crippen molar-refractivity contribution < 1.29 is 57.6 Å². The van der Waals surface area contributed by atoms with Gasteiger partial charge in [-0.1, -0.05) is 91.0 Å². The van der Waals surface area contributed by atoms with Crippen molar-refractivity contribution in [2.45, 2.75) is 139 Å². The standard InChI is InChI=1S/C52H65N5O12/c1-30(49(63)57(44-38-22-35-21-36(24-38)25-39(44)23-35)40(47(53)61)19-20-43(60)65-28-34-15-9-5-10-16-34)55-42(59)27-54-48(62)31(2)67-46-45-41(29-66-50(69-45)37-17-11-6-12-18-37)68-51(64)52(46,56-32(3)58)26-33-13-7-4-8-14-33/h4-18,30-31,35-36,38-41,44-46,50-51,64H,19-29H2,1-3H3,(H2,53,61)(H,54,62)(H,55,59)(H,56,58)/t30-,31?,35?,36?,38?,39?,40+,41+,44?,45+,46+,50+,51-,52+/m0/s1. The minimum atomic E-state index is -1.66. The second-order valence-corrected chi connectivity index (χ2v) is 19.6. The average molecular weight is 952 g/mol. The van der Waals surface area contributed by atoms with Crippen LogP contribution in [0.5, 0.6) is 0 Å². The molecule has 4 bridgehead atoms. The van der Waals surface area contributed by atoms with E-state index in [9.17, 15) is 33.9 Å². The number of primary amides is 1. The van der Waals surface area contributed by atoms with Gasteiger partial charge in [0.25, 0.3) is 0 Å². The maximum atomic E-state index is 14.7. The number of ether oxygens (including phenoxy) is 5. The predicted molar refractivity (Wildman–Crippen MR) is 249 cm³/mol. The van der Waals surface area contributed by atoms with E-state index in [4.69, 9.17) is 29.4 Å². The minimum absolute atomic E-state index is 0.00228. The van der Waals surface area contributed by atoms with Gasteiger partial charge in [-0.3, -0.25) is 28.8 Å². The third kappa shape index (κ3) is 11.5. The topological polar surface area (TPSA) is 234 Å². The van der Waals surface area contributed by atoms with Crippen LogP contribution in [0.25, 0.3) is 0 Å². The van der Waals surface area contributed by atoms with E-state index in [0.29, 0.717) is 17.4 Å². The molecule has 3 aromatic carbocycles. The summed E-state index contributed by atoms with van der Waals surface area (Å²) in [6.45, 7) is 3.84. The first-order chi connectivity index (χ1) is 33.2. The highest BCUT2D eigenvalue weighted by molar-refractivity contribution is 5.93. The molecule has 17 heteroatoms. The van der Waals surface area contributed by atoms with E-state index in [1.54, 1.807) is 4.90 Å². The SMILES string of the molecule is CC(=O)N[C@]1(Cc2ccccc2)[C@H](OC(C)C(=O)NCC(=O)N[C@@H](C)C(=O)N(C2C3CC4CC(C3)CC2C4)[C@H](CCC(=O)OCc2ccccc2)C(N)=O)[C@@H]2O[C@H](c3ccccc3)OC[C@H]2O[C@@H]1O. The number of rotatable bonds is 19. The number of carbonyl (C=O) groups excluding carboxylic acids is 6. The van der Waals surface area contributed by atoms with Crippen molar-refractivity contribution in [2.24, 2.45) is 29.4 Å². The first-order valence-corrected chi connectivity index (χ1v) is 24.2. The predicted octanol–water partition coefficient (Wildman–Crippen LogP) is 3.36. The number of nitrogens with zero attached hydrogens (tertiary/aromatic N) is 1. The molecule has 6 aliphatic rings. The number of nitrogens with one attached hydrogen (secondary N) is 3. The van der Waals surface area contributed by atoms with E-state index in [-0.39, 0.29) is 50.4 Å². The van der Waals surface area contributed by atoms with Crippen LogP contribution in [0.1, 0.15) is 88.7 Å². The van der Waals surface area contributed by atoms with Crippen LogP contribution in [0.15, 0.2) is 91.0 Å². The molecule has 0 spiro atoms.